The van der Waals surface area contributed by atoms with Crippen LogP contribution in [0.5, 0.6) is 0 Å². The molecule has 20 heavy (non-hydrogen) atoms. The number of rotatable bonds is 10. The summed E-state index contributed by atoms with van der Waals surface area (Å²) in [6, 6.07) is 4.69. The molecule has 1 aromatic heterocycles. The minimum absolute atomic E-state index is 0.415. The average molecular weight is 276 g/mol. The molecule has 2 heteroatoms. The van der Waals surface area contributed by atoms with Crippen LogP contribution < -0.4 is 5.32 Å². The lowest BCUT2D eigenvalue weighted by molar-refractivity contribution is 0.352. The molecule has 0 aliphatic carbocycles. The van der Waals surface area contributed by atoms with Crippen LogP contribution in [0.3, 0.4) is 0 Å². The number of aryl methyl sites for hydroxylation is 1. The normalized spacial score (nSPS) is 14.2. The summed E-state index contributed by atoms with van der Waals surface area (Å²) in [7, 11) is 0. The Morgan fingerprint density at radius 1 is 1.20 bits per heavy atom. The van der Waals surface area contributed by atoms with Gasteiger partial charge in [-0.2, -0.15) is 0 Å². The van der Waals surface area contributed by atoms with Crippen molar-refractivity contribution in [3.63, 3.8) is 0 Å². The third kappa shape index (κ3) is 5.24. The summed E-state index contributed by atoms with van der Waals surface area (Å²) in [5.74, 6) is 0.811. The first-order valence-electron chi connectivity index (χ1n) is 8.43. The topological polar surface area (TPSA) is 24.9 Å². The lowest BCUT2D eigenvalue weighted by Gasteiger charge is -2.24. The van der Waals surface area contributed by atoms with Gasteiger partial charge in [0.15, 0.2) is 0 Å². The number of hydrogen-bond acceptors (Lipinski definition) is 2. The van der Waals surface area contributed by atoms with Crippen molar-refractivity contribution in [3.05, 3.63) is 29.6 Å². The molecule has 2 unspecified atom stereocenters. The third-order valence-corrected chi connectivity index (χ3v) is 4.20. The third-order valence-electron chi connectivity index (χ3n) is 4.20. The molecule has 1 N–H and O–H groups in total. The zero-order chi connectivity index (χ0) is 14.8. The Morgan fingerprint density at radius 3 is 2.60 bits per heavy atom. The standard InChI is InChI=1S/C18H32N2/c1-5-9-11-15(6-2)14-17(19-8-4)18-16(7-3)12-10-13-20-18/h10,12-13,15,17,19H,5-9,11,14H2,1-4H3. The van der Waals surface area contributed by atoms with E-state index in [1.54, 1.807) is 0 Å². The van der Waals surface area contributed by atoms with Gasteiger partial charge in [-0.25, -0.2) is 0 Å². The van der Waals surface area contributed by atoms with Gasteiger partial charge >= 0.3 is 0 Å². The van der Waals surface area contributed by atoms with Crippen molar-refractivity contribution in [2.45, 2.75) is 72.3 Å². The van der Waals surface area contributed by atoms with Crippen LogP contribution in [-0.2, 0) is 6.42 Å². The molecular weight excluding hydrogens is 244 g/mol. The minimum atomic E-state index is 0.415. The van der Waals surface area contributed by atoms with E-state index >= 15 is 0 Å². The van der Waals surface area contributed by atoms with E-state index in [0.29, 0.717) is 6.04 Å². The van der Waals surface area contributed by atoms with Crippen LogP contribution in [-0.4, -0.2) is 11.5 Å². The average Bonchev–Trinajstić information content (AvgIpc) is 2.50. The number of aromatic nitrogens is 1. The zero-order valence-electron chi connectivity index (χ0n) is 13.8. The summed E-state index contributed by atoms with van der Waals surface area (Å²) in [5, 5.41) is 3.65. The highest BCUT2D eigenvalue weighted by Gasteiger charge is 2.19. The van der Waals surface area contributed by atoms with Gasteiger partial charge in [-0.1, -0.05) is 59.4 Å². The molecule has 2 atom stereocenters. The van der Waals surface area contributed by atoms with Crippen LogP contribution in [0.15, 0.2) is 18.3 Å². The number of unbranched alkanes of at least 4 members (excludes halogenated alkanes) is 1. The zero-order valence-corrected chi connectivity index (χ0v) is 13.8. The second-order valence-electron chi connectivity index (χ2n) is 5.66. The predicted molar refractivity (Wildman–Crippen MR) is 88.0 cm³/mol. The van der Waals surface area contributed by atoms with E-state index in [9.17, 15) is 0 Å². The summed E-state index contributed by atoms with van der Waals surface area (Å²) in [4.78, 5) is 4.67. The second-order valence-corrected chi connectivity index (χ2v) is 5.66. The van der Waals surface area contributed by atoms with Crippen molar-refractivity contribution in [2.75, 3.05) is 6.54 Å². The number of pyridine rings is 1. The van der Waals surface area contributed by atoms with Crippen molar-refractivity contribution < 1.29 is 0 Å². The van der Waals surface area contributed by atoms with Crippen LogP contribution in [0.1, 0.15) is 77.1 Å². The minimum Gasteiger partial charge on any atom is -0.309 e. The quantitative estimate of drug-likeness (QED) is 0.657. The maximum atomic E-state index is 4.67. The van der Waals surface area contributed by atoms with Crippen molar-refractivity contribution in [3.8, 4) is 0 Å². The Balaban J connectivity index is 2.81. The van der Waals surface area contributed by atoms with E-state index in [4.69, 9.17) is 0 Å². The largest absolute Gasteiger partial charge is 0.309 e. The molecule has 1 aromatic rings. The monoisotopic (exact) mass is 276 g/mol. The van der Waals surface area contributed by atoms with E-state index in [1.807, 2.05) is 6.20 Å². The van der Waals surface area contributed by atoms with Crippen LogP contribution >= 0.6 is 0 Å². The second kappa shape index (κ2) is 9.93. The Morgan fingerprint density at radius 2 is 2.00 bits per heavy atom. The summed E-state index contributed by atoms with van der Waals surface area (Å²) in [6.45, 7) is 10.0. The van der Waals surface area contributed by atoms with Gasteiger partial charge in [-0.15, -0.1) is 0 Å². The van der Waals surface area contributed by atoms with Gasteiger partial charge in [0.25, 0.3) is 0 Å². The van der Waals surface area contributed by atoms with E-state index in [1.165, 1.54) is 43.4 Å². The smallest absolute Gasteiger partial charge is 0.0605 e. The van der Waals surface area contributed by atoms with Crippen LogP contribution in [0.4, 0.5) is 0 Å². The molecule has 0 aromatic carbocycles. The van der Waals surface area contributed by atoms with Gasteiger partial charge in [-0.3, -0.25) is 4.98 Å². The maximum Gasteiger partial charge on any atom is 0.0605 e. The summed E-state index contributed by atoms with van der Waals surface area (Å²) < 4.78 is 0. The van der Waals surface area contributed by atoms with E-state index < -0.39 is 0 Å². The SMILES string of the molecule is CCCCC(CC)CC(NCC)c1ncccc1CC. The van der Waals surface area contributed by atoms with E-state index in [0.717, 1.165) is 18.9 Å². The molecule has 2 nitrogen and oxygen atoms in total. The van der Waals surface area contributed by atoms with Crippen LogP contribution in [0, 0.1) is 5.92 Å². The Labute approximate surface area is 125 Å². The van der Waals surface area contributed by atoms with Crippen LogP contribution in [0.25, 0.3) is 0 Å². The van der Waals surface area contributed by atoms with Crippen molar-refractivity contribution >= 4 is 0 Å². The molecule has 0 fully saturated rings. The molecule has 0 bridgehead atoms. The van der Waals surface area contributed by atoms with Gasteiger partial charge in [0.1, 0.15) is 0 Å². The van der Waals surface area contributed by atoms with Crippen molar-refractivity contribution in [1.29, 1.82) is 0 Å². The Bertz CT molecular complexity index is 362. The summed E-state index contributed by atoms with van der Waals surface area (Å²) >= 11 is 0. The molecule has 114 valence electrons. The molecule has 0 amide bonds. The molecule has 0 saturated heterocycles. The molecule has 0 saturated carbocycles. The molecule has 1 heterocycles. The summed E-state index contributed by atoms with van der Waals surface area (Å²) in [6.07, 6.45) is 9.49. The Kier molecular flexibility index (Phi) is 8.52. The highest BCUT2D eigenvalue weighted by molar-refractivity contribution is 5.23. The number of nitrogens with zero attached hydrogens (tertiary/aromatic N) is 1. The first kappa shape index (κ1) is 17.2. The van der Waals surface area contributed by atoms with Gasteiger partial charge < -0.3 is 5.32 Å². The predicted octanol–water partition coefficient (Wildman–Crippen LogP) is 4.90. The fourth-order valence-corrected chi connectivity index (χ4v) is 2.92. The molecule has 0 spiro atoms. The van der Waals surface area contributed by atoms with E-state index in [-0.39, 0.29) is 0 Å². The maximum absolute atomic E-state index is 4.67. The molecular formula is C18H32N2. The lowest BCUT2D eigenvalue weighted by atomic mass is 9.89. The lowest BCUT2D eigenvalue weighted by Crippen LogP contribution is -2.25. The van der Waals surface area contributed by atoms with Gasteiger partial charge in [0, 0.05) is 6.20 Å². The number of hydrogen-bond donors (Lipinski definition) is 1. The fourth-order valence-electron chi connectivity index (χ4n) is 2.92. The molecule has 0 radical (unpaired) electrons. The molecule has 0 aliphatic rings. The number of nitrogens with one attached hydrogen (secondary N) is 1. The fraction of sp³-hybridized carbons (Fsp3) is 0.722. The first-order valence-corrected chi connectivity index (χ1v) is 8.43. The Hall–Kier alpha value is -0.890. The van der Waals surface area contributed by atoms with Crippen molar-refractivity contribution in [2.24, 2.45) is 5.92 Å². The first-order chi connectivity index (χ1) is 9.76. The highest BCUT2D eigenvalue weighted by atomic mass is 14.9. The van der Waals surface area contributed by atoms with Gasteiger partial charge in [0.05, 0.1) is 11.7 Å². The van der Waals surface area contributed by atoms with Crippen LogP contribution in [0.2, 0.25) is 0 Å². The highest BCUT2D eigenvalue weighted by Crippen LogP contribution is 2.27. The molecule has 1 rings (SSSR count). The molecule has 0 aliphatic heterocycles. The summed E-state index contributed by atoms with van der Waals surface area (Å²) in [5.41, 5.74) is 2.66. The van der Waals surface area contributed by atoms with Gasteiger partial charge in [0.2, 0.25) is 0 Å². The van der Waals surface area contributed by atoms with E-state index in [2.05, 4.69) is 50.1 Å². The van der Waals surface area contributed by atoms with Crippen molar-refractivity contribution in [1.82, 2.24) is 10.3 Å². The van der Waals surface area contributed by atoms with Gasteiger partial charge in [-0.05, 0) is 36.9 Å².